The Labute approximate surface area is 158 Å². The van der Waals surface area contributed by atoms with Crippen molar-refractivity contribution in [3.8, 4) is 0 Å². The predicted molar refractivity (Wildman–Crippen MR) is 102 cm³/mol. The van der Waals surface area contributed by atoms with Crippen molar-refractivity contribution in [1.29, 1.82) is 0 Å². The summed E-state index contributed by atoms with van der Waals surface area (Å²) in [5.74, 6) is -1.26. The average molecular weight is 388 g/mol. The standard InChI is InChI=1S/C19H14ClNO4S/c1-11(22)12-5-4-6-13(9-12)21-16(23)10-25-19(24)18-17(20)14-7-2-3-8-15(14)26-18/h2-9H,10H2,1H3,(H,21,23). The summed E-state index contributed by atoms with van der Waals surface area (Å²) >= 11 is 7.44. The molecule has 1 amide bonds. The highest BCUT2D eigenvalue weighted by Gasteiger charge is 2.19. The first-order valence-electron chi connectivity index (χ1n) is 7.70. The summed E-state index contributed by atoms with van der Waals surface area (Å²) in [5.41, 5.74) is 0.940. The lowest BCUT2D eigenvalue weighted by Gasteiger charge is -2.07. The molecule has 1 aromatic heterocycles. The number of anilines is 1. The van der Waals surface area contributed by atoms with Gasteiger partial charge >= 0.3 is 5.97 Å². The number of nitrogens with one attached hydrogen (secondary N) is 1. The van der Waals surface area contributed by atoms with Gasteiger partial charge in [0.2, 0.25) is 0 Å². The van der Waals surface area contributed by atoms with Crippen molar-refractivity contribution in [3.05, 3.63) is 64.0 Å². The van der Waals surface area contributed by atoms with Gasteiger partial charge < -0.3 is 10.1 Å². The summed E-state index contributed by atoms with van der Waals surface area (Å²) in [6.45, 7) is 0.991. The van der Waals surface area contributed by atoms with Crippen LogP contribution in [0.15, 0.2) is 48.5 Å². The topological polar surface area (TPSA) is 72.5 Å². The average Bonchev–Trinajstić information content (AvgIpc) is 2.97. The van der Waals surface area contributed by atoms with Crippen LogP contribution in [0.25, 0.3) is 10.1 Å². The number of amides is 1. The van der Waals surface area contributed by atoms with Crippen molar-refractivity contribution in [1.82, 2.24) is 0 Å². The van der Waals surface area contributed by atoms with Crippen LogP contribution in [0.2, 0.25) is 5.02 Å². The molecule has 0 atom stereocenters. The van der Waals surface area contributed by atoms with Gasteiger partial charge in [-0.2, -0.15) is 0 Å². The van der Waals surface area contributed by atoms with Crippen molar-refractivity contribution in [2.75, 3.05) is 11.9 Å². The van der Waals surface area contributed by atoms with Crippen LogP contribution in [0.3, 0.4) is 0 Å². The van der Waals surface area contributed by atoms with Gasteiger partial charge in [0.1, 0.15) is 4.88 Å². The maximum atomic E-state index is 12.2. The molecule has 0 spiro atoms. The molecule has 0 aliphatic heterocycles. The van der Waals surface area contributed by atoms with E-state index in [1.165, 1.54) is 18.3 Å². The number of thiophene rings is 1. The van der Waals surface area contributed by atoms with Crippen LogP contribution in [0.1, 0.15) is 27.0 Å². The highest BCUT2D eigenvalue weighted by molar-refractivity contribution is 7.21. The summed E-state index contributed by atoms with van der Waals surface area (Å²) < 4.78 is 5.93. The zero-order valence-corrected chi connectivity index (χ0v) is 15.3. The van der Waals surface area contributed by atoms with Gasteiger partial charge in [0.25, 0.3) is 5.91 Å². The number of carbonyl (C=O) groups excluding carboxylic acids is 3. The van der Waals surface area contributed by atoms with E-state index in [4.69, 9.17) is 16.3 Å². The van der Waals surface area contributed by atoms with Crippen LogP contribution >= 0.6 is 22.9 Å². The first-order valence-corrected chi connectivity index (χ1v) is 8.90. The summed E-state index contributed by atoms with van der Waals surface area (Å²) in [6.07, 6.45) is 0. The molecule has 3 rings (SSSR count). The molecule has 0 aliphatic rings. The summed E-state index contributed by atoms with van der Waals surface area (Å²) in [5, 5.41) is 3.69. The Bertz CT molecular complexity index is 1010. The van der Waals surface area contributed by atoms with Gasteiger partial charge in [-0.1, -0.05) is 41.9 Å². The van der Waals surface area contributed by atoms with Gasteiger partial charge in [-0.25, -0.2) is 4.79 Å². The molecule has 0 unspecified atom stereocenters. The minimum absolute atomic E-state index is 0.105. The number of ketones is 1. The van der Waals surface area contributed by atoms with Crippen LogP contribution in [0, 0.1) is 0 Å². The van der Waals surface area contributed by atoms with Crippen molar-refractivity contribution in [2.45, 2.75) is 6.92 Å². The second-order valence-electron chi connectivity index (χ2n) is 5.50. The highest BCUT2D eigenvalue weighted by atomic mass is 35.5. The Morgan fingerprint density at radius 1 is 1.12 bits per heavy atom. The Kier molecular flexibility index (Phi) is 5.35. The van der Waals surface area contributed by atoms with E-state index in [-0.39, 0.29) is 10.7 Å². The van der Waals surface area contributed by atoms with Crippen LogP contribution in [0.4, 0.5) is 5.69 Å². The second kappa shape index (κ2) is 7.68. The molecule has 132 valence electrons. The number of Topliss-reactive ketones (excluding diaryl/α,β-unsaturated/α-hetero) is 1. The summed E-state index contributed by atoms with van der Waals surface area (Å²) in [6, 6.07) is 13.9. The molecule has 26 heavy (non-hydrogen) atoms. The van der Waals surface area contributed by atoms with E-state index in [0.717, 1.165) is 10.1 Å². The van der Waals surface area contributed by atoms with E-state index >= 15 is 0 Å². The number of benzene rings is 2. The lowest BCUT2D eigenvalue weighted by molar-refractivity contribution is -0.119. The maximum Gasteiger partial charge on any atom is 0.350 e. The number of halogens is 1. The summed E-state index contributed by atoms with van der Waals surface area (Å²) in [7, 11) is 0. The monoisotopic (exact) mass is 387 g/mol. The molecule has 0 fully saturated rings. The molecule has 1 N–H and O–H groups in total. The van der Waals surface area contributed by atoms with Gasteiger partial charge in [-0.05, 0) is 25.1 Å². The fraction of sp³-hybridized carbons (Fsp3) is 0.105. The van der Waals surface area contributed by atoms with Crippen LogP contribution < -0.4 is 5.32 Å². The first kappa shape index (κ1) is 18.1. The van der Waals surface area contributed by atoms with Crippen molar-refractivity contribution in [3.63, 3.8) is 0 Å². The molecule has 0 saturated carbocycles. The molecule has 0 aliphatic carbocycles. The van der Waals surface area contributed by atoms with Crippen molar-refractivity contribution < 1.29 is 19.1 Å². The maximum absolute atomic E-state index is 12.2. The first-order chi connectivity index (χ1) is 12.5. The molecule has 7 heteroatoms. The van der Waals surface area contributed by atoms with Gasteiger partial charge in [0.05, 0.1) is 5.02 Å². The van der Waals surface area contributed by atoms with Crippen molar-refractivity contribution >= 4 is 56.4 Å². The van der Waals surface area contributed by atoms with E-state index in [1.54, 1.807) is 24.3 Å². The van der Waals surface area contributed by atoms with Crippen LogP contribution in [0.5, 0.6) is 0 Å². The minimum Gasteiger partial charge on any atom is -0.451 e. The minimum atomic E-state index is -0.649. The molecular weight excluding hydrogens is 374 g/mol. The third-order valence-electron chi connectivity index (χ3n) is 3.61. The van der Waals surface area contributed by atoms with Gasteiger partial charge in [-0.15, -0.1) is 11.3 Å². The number of ether oxygens (including phenoxy) is 1. The third kappa shape index (κ3) is 3.92. The quantitative estimate of drug-likeness (QED) is 0.514. The molecule has 5 nitrogen and oxygen atoms in total. The Morgan fingerprint density at radius 3 is 2.62 bits per heavy atom. The molecule has 0 saturated heterocycles. The molecule has 2 aromatic carbocycles. The lowest BCUT2D eigenvalue weighted by atomic mass is 10.1. The van der Waals surface area contributed by atoms with Gasteiger partial charge in [-0.3, -0.25) is 9.59 Å². The van der Waals surface area contributed by atoms with Crippen molar-refractivity contribution in [2.24, 2.45) is 0 Å². The number of carbonyl (C=O) groups is 3. The summed E-state index contributed by atoms with van der Waals surface area (Å²) in [4.78, 5) is 35.8. The Hall–Kier alpha value is -2.70. The lowest BCUT2D eigenvalue weighted by Crippen LogP contribution is -2.20. The third-order valence-corrected chi connectivity index (χ3v) is 5.26. The van der Waals surface area contributed by atoms with E-state index in [0.29, 0.717) is 16.3 Å². The molecule has 0 radical (unpaired) electrons. The molecule has 3 aromatic rings. The number of esters is 1. The Morgan fingerprint density at radius 2 is 1.88 bits per heavy atom. The predicted octanol–water partition coefficient (Wildman–Crippen LogP) is 4.55. The SMILES string of the molecule is CC(=O)c1cccc(NC(=O)COC(=O)c2sc3ccccc3c2Cl)c1. The van der Waals surface area contributed by atoms with Crippen LogP contribution in [-0.2, 0) is 9.53 Å². The molecule has 1 heterocycles. The Balaban J connectivity index is 1.63. The number of hydrogen-bond acceptors (Lipinski definition) is 5. The van der Waals surface area contributed by atoms with Gasteiger partial charge in [0, 0.05) is 21.3 Å². The molecule has 0 bridgehead atoms. The van der Waals surface area contributed by atoms with E-state index in [9.17, 15) is 14.4 Å². The second-order valence-corrected chi connectivity index (χ2v) is 6.93. The largest absolute Gasteiger partial charge is 0.451 e. The number of hydrogen-bond donors (Lipinski definition) is 1. The number of rotatable bonds is 5. The highest BCUT2D eigenvalue weighted by Crippen LogP contribution is 2.35. The fourth-order valence-corrected chi connectivity index (χ4v) is 3.76. The van der Waals surface area contributed by atoms with E-state index in [1.807, 2.05) is 24.3 Å². The normalized spacial score (nSPS) is 10.5. The number of fused-ring (bicyclic) bond motifs is 1. The van der Waals surface area contributed by atoms with E-state index in [2.05, 4.69) is 5.32 Å². The van der Waals surface area contributed by atoms with Gasteiger partial charge in [0.15, 0.2) is 12.4 Å². The molecular formula is C19H14ClNO4S. The smallest absolute Gasteiger partial charge is 0.350 e. The fourth-order valence-electron chi connectivity index (χ4n) is 2.35. The zero-order valence-electron chi connectivity index (χ0n) is 13.7. The zero-order chi connectivity index (χ0) is 18.7. The van der Waals surface area contributed by atoms with E-state index < -0.39 is 18.5 Å². The van der Waals surface area contributed by atoms with Crippen LogP contribution in [-0.4, -0.2) is 24.3 Å².